The summed E-state index contributed by atoms with van der Waals surface area (Å²) in [5.41, 5.74) is 0.752. The number of aromatic nitrogens is 1. The second-order valence-corrected chi connectivity index (χ2v) is 5.79. The molecule has 1 N–H and O–H groups in total. The van der Waals surface area contributed by atoms with Gasteiger partial charge in [0.1, 0.15) is 5.01 Å². The van der Waals surface area contributed by atoms with E-state index in [4.69, 9.17) is 16.3 Å². The van der Waals surface area contributed by atoms with Gasteiger partial charge in [-0.25, -0.2) is 9.78 Å². The van der Waals surface area contributed by atoms with Crippen molar-refractivity contribution in [2.45, 2.75) is 6.04 Å². The lowest BCUT2D eigenvalue weighted by molar-refractivity contribution is -0.141. The highest BCUT2D eigenvalue weighted by atomic mass is 79.9. The fourth-order valence-corrected chi connectivity index (χ4v) is 2.64. The number of nitrogens with zero attached hydrogens (tertiary/aromatic N) is 1. The van der Waals surface area contributed by atoms with Crippen LogP contribution in [0, 0.1) is 0 Å². The molecule has 100 valence electrons. The number of hydrogen-bond acceptors (Lipinski definition) is 5. The summed E-state index contributed by atoms with van der Waals surface area (Å²) in [5.74, 6) is -0.388. The van der Waals surface area contributed by atoms with Crippen LogP contribution in [0.3, 0.4) is 0 Å². The van der Waals surface area contributed by atoms with Gasteiger partial charge in [0, 0.05) is 21.7 Å². The van der Waals surface area contributed by atoms with E-state index in [0.717, 1.165) is 10.2 Å². The van der Waals surface area contributed by atoms with Gasteiger partial charge in [0.15, 0.2) is 6.04 Å². The minimum Gasteiger partial charge on any atom is -0.467 e. The molecule has 0 saturated heterocycles. The number of carbonyl (C=O) groups is 1. The Bertz CT molecular complexity index is 577. The molecule has 1 atom stereocenters. The van der Waals surface area contributed by atoms with Crippen LogP contribution in [0.2, 0.25) is 5.02 Å². The fourth-order valence-electron chi connectivity index (χ4n) is 1.47. The molecule has 0 aliphatic rings. The number of nitrogens with one attached hydrogen (secondary N) is 1. The molecule has 2 aromatic rings. The summed E-state index contributed by atoms with van der Waals surface area (Å²) < 4.78 is 5.54. The van der Waals surface area contributed by atoms with Crippen LogP contribution in [-0.2, 0) is 9.53 Å². The third-order valence-corrected chi connectivity index (χ3v) is 4.42. The Kier molecular flexibility index (Phi) is 4.79. The highest BCUT2D eigenvalue weighted by molar-refractivity contribution is 9.10. The number of ether oxygens (including phenoxy) is 1. The van der Waals surface area contributed by atoms with Gasteiger partial charge in [-0.3, -0.25) is 0 Å². The van der Waals surface area contributed by atoms with Gasteiger partial charge >= 0.3 is 5.97 Å². The Balaban J connectivity index is 2.25. The Morgan fingerprint density at radius 3 is 2.95 bits per heavy atom. The molecule has 0 aliphatic heterocycles. The zero-order valence-electron chi connectivity index (χ0n) is 9.89. The lowest BCUT2D eigenvalue weighted by Crippen LogP contribution is -2.22. The normalized spacial score (nSPS) is 11.9. The molecule has 0 aliphatic carbocycles. The van der Waals surface area contributed by atoms with Crippen LogP contribution in [-0.4, -0.2) is 18.1 Å². The van der Waals surface area contributed by atoms with Crippen molar-refractivity contribution in [3.63, 3.8) is 0 Å². The van der Waals surface area contributed by atoms with E-state index in [1.165, 1.54) is 18.4 Å². The molecular weight excluding hydrogens is 352 g/mol. The number of anilines is 1. The Hall–Kier alpha value is -1.11. The number of hydrogen-bond donors (Lipinski definition) is 1. The first kappa shape index (κ1) is 14.3. The minimum atomic E-state index is -0.627. The van der Waals surface area contributed by atoms with Crippen LogP contribution >= 0.6 is 38.9 Å². The Labute approximate surface area is 127 Å². The first-order valence-corrected chi connectivity index (χ1v) is 7.35. The molecular formula is C12H10BrClN2O2S. The van der Waals surface area contributed by atoms with E-state index in [1.54, 1.807) is 24.4 Å². The van der Waals surface area contributed by atoms with E-state index in [0.29, 0.717) is 10.0 Å². The van der Waals surface area contributed by atoms with Gasteiger partial charge in [-0.1, -0.05) is 11.6 Å². The van der Waals surface area contributed by atoms with E-state index < -0.39 is 6.04 Å². The zero-order valence-corrected chi connectivity index (χ0v) is 13.1. The highest BCUT2D eigenvalue weighted by Crippen LogP contribution is 2.28. The van der Waals surface area contributed by atoms with Crippen LogP contribution < -0.4 is 5.32 Å². The molecule has 1 unspecified atom stereocenters. The van der Waals surface area contributed by atoms with E-state index in [2.05, 4.69) is 26.2 Å². The molecule has 4 nitrogen and oxygen atoms in total. The van der Waals surface area contributed by atoms with Crippen molar-refractivity contribution in [3.8, 4) is 0 Å². The van der Waals surface area contributed by atoms with Crippen LogP contribution in [0.1, 0.15) is 11.0 Å². The third-order valence-electron chi connectivity index (χ3n) is 2.37. The summed E-state index contributed by atoms with van der Waals surface area (Å²) in [6.07, 6.45) is 1.65. The largest absolute Gasteiger partial charge is 0.467 e. The molecule has 0 fully saturated rings. The predicted molar refractivity (Wildman–Crippen MR) is 79.6 cm³/mol. The topological polar surface area (TPSA) is 51.2 Å². The monoisotopic (exact) mass is 360 g/mol. The van der Waals surface area contributed by atoms with E-state index in [1.807, 2.05) is 5.38 Å². The molecule has 2 rings (SSSR count). The fraction of sp³-hybridized carbons (Fsp3) is 0.167. The van der Waals surface area contributed by atoms with E-state index >= 15 is 0 Å². The van der Waals surface area contributed by atoms with Gasteiger partial charge in [-0.15, -0.1) is 11.3 Å². The van der Waals surface area contributed by atoms with Crippen molar-refractivity contribution >= 4 is 50.5 Å². The molecule has 0 saturated carbocycles. The zero-order chi connectivity index (χ0) is 13.8. The van der Waals surface area contributed by atoms with Gasteiger partial charge in [0.25, 0.3) is 0 Å². The molecule has 0 bridgehead atoms. The lowest BCUT2D eigenvalue weighted by Gasteiger charge is -2.15. The molecule has 1 heterocycles. The average Bonchev–Trinajstić information content (AvgIpc) is 2.93. The number of thiazole rings is 1. The molecule has 0 radical (unpaired) electrons. The summed E-state index contributed by atoms with van der Waals surface area (Å²) in [6.45, 7) is 0. The van der Waals surface area contributed by atoms with Crippen molar-refractivity contribution in [2.75, 3.05) is 12.4 Å². The molecule has 0 spiro atoms. The lowest BCUT2D eigenvalue weighted by atomic mass is 10.2. The molecule has 1 aromatic heterocycles. The average molecular weight is 362 g/mol. The van der Waals surface area contributed by atoms with Gasteiger partial charge in [-0.2, -0.15) is 0 Å². The van der Waals surface area contributed by atoms with Gasteiger partial charge in [0.05, 0.1) is 12.1 Å². The van der Waals surface area contributed by atoms with E-state index in [9.17, 15) is 4.79 Å². The molecule has 7 heteroatoms. The van der Waals surface area contributed by atoms with Crippen LogP contribution in [0.25, 0.3) is 0 Å². The van der Waals surface area contributed by atoms with Crippen LogP contribution in [0.4, 0.5) is 5.69 Å². The number of esters is 1. The summed E-state index contributed by atoms with van der Waals surface area (Å²) >= 11 is 10.7. The number of benzene rings is 1. The minimum absolute atomic E-state index is 0.388. The SMILES string of the molecule is COC(=O)C(Nc1ccc(Cl)c(Br)c1)c1nccs1. The summed E-state index contributed by atoms with van der Waals surface area (Å²) in [5, 5.41) is 6.15. The number of rotatable bonds is 4. The summed E-state index contributed by atoms with van der Waals surface area (Å²) in [4.78, 5) is 15.9. The number of halogens is 2. The van der Waals surface area contributed by atoms with Crippen molar-refractivity contribution in [1.29, 1.82) is 0 Å². The Morgan fingerprint density at radius 2 is 2.37 bits per heavy atom. The first-order valence-electron chi connectivity index (χ1n) is 5.30. The maximum Gasteiger partial charge on any atom is 0.335 e. The van der Waals surface area contributed by atoms with Crippen molar-refractivity contribution in [1.82, 2.24) is 4.98 Å². The summed E-state index contributed by atoms with van der Waals surface area (Å²) in [6, 6.07) is 4.70. The number of carbonyl (C=O) groups excluding carboxylic acids is 1. The van der Waals surface area contributed by atoms with Crippen molar-refractivity contribution < 1.29 is 9.53 Å². The highest BCUT2D eigenvalue weighted by Gasteiger charge is 2.23. The standard InChI is InChI=1S/C12H10BrClN2O2S/c1-18-12(17)10(11-15-4-5-19-11)16-7-2-3-9(14)8(13)6-7/h2-6,10,16H,1H3. The maximum atomic E-state index is 11.8. The smallest absolute Gasteiger partial charge is 0.335 e. The summed E-state index contributed by atoms with van der Waals surface area (Å²) in [7, 11) is 1.35. The van der Waals surface area contributed by atoms with Crippen molar-refractivity contribution in [3.05, 3.63) is 44.3 Å². The maximum absolute atomic E-state index is 11.8. The van der Waals surface area contributed by atoms with E-state index in [-0.39, 0.29) is 5.97 Å². The predicted octanol–water partition coefficient (Wildman–Crippen LogP) is 3.89. The quantitative estimate of drug-likeness (QED) is 0.840. The third kappa shape index (κ3) is 3.46. The first-order chi connectivity index (χ1) is 9.11. The number of methoxy groups -OCH3 is 1. The van der Waals surface area contributed by atoms with Gasteiger partial charge < -0.3 is 10.1 Å². The molecule has 19 heavy (non-hydrogen) atoms. The second kappa shape index (κ2) is 6.36. The van der Waals surface area contributed by atoms with Crippen LogP contribution in [0.15, 0.2) is 34.2 Å². The second-order valence-electron chi connectivity index (χ2n) is 3.60. The van der Waals surface area contributed by atoms with Crippen LogP contribution in [0.5, 0.6) is 0 Å². The van der Waals surface area contributed by atoms with Gasteiger partial charge in [0.2, 0.25) is 0 Å². The van der Waals surface area contributed by atoms with Gasteiger partial charge in [-0.05, 0) is 34.1 Å². The molecule has 1 aromatic carbocycles. The molecule has 0 amide bonds. The van der Waals surface area contributed by atoms with Crippen molar-refractivity contribution in [2.24, 2.45) is 0 Å². The Morgan fingerprint density at radius 1 is 1.58 bits per heavy atom.